The Bertz CT molecular complexity index is 533. The molecule has 4 rings (SSSR count). The molecular formula is C22H33F. The lowest BCUT2D eigenvalue weighted by Crippen LogP contribution is -2.54. The molecule has 0 heterocycles. The molecule has 1 heteroatoms. The van der Waals surface area contributed by atoms with Gasteiger partial charge in [-0.15, -0.1) is 6.42 Å². The van der Waals surface area contributed by atoms with E-state index >= 15 is 0 Å². The molecule has 23 heavy (non-hydrogen) atoms. The monoisotopic (exact) mass is 316 g/mol. The standard InChI is InChI=1S/C22H33F/c1-5-20(2)11-9-19-17-7-6-15-14-16(23)8-12-21(15,3)18(17)10-13-22(19,20)4/h1,15-19H,6-14H2,2-4H3/t15?,16-,17?,18?,19?,20?,21-,22-/m0/s1. The van der Waals surface area contributed by atoms with Gasteiger partial charge in [0.1, 0.15) is 6.17 Å². The second-order valence-electron chi connectivity index (χ2n) is 10.00. The Balaban J connectivity index is 1.65. The minimum atomic E-state index is -0.533. The quantitative estimate of drug-likeness (QED) is 0.480. The third-order valence-corrected chi connectivity index (χ3v) is 9.53. The van der Waals surface area contributed by atoms with Gasteiger partial charge in [0.2, 0.25) is 0 Å². The van der Waals surface area contributed by atoms with Gasteiger partial charge in [0.15, 0.2) is 0 Å². The number of hydrogen-bond donors (Lipinski definition) is 0. The zero-order valence-electron chi connectivity index (χ0n) is 15.2. The second kappa shape index (κ2) is 5.00. The van der Waals surface area contributed by atoms with Gasteiger partial charge >= 0.3 is 0 Å². The van der Waals surface area contributed by atoms with Gasteiger partial charge in [-0.05, 0) is 99.2 Å². The molecule has 4 saturated carbocycles. The van der Waals surface area contributed by atoms with Crippen LogP contribution in [-0.2, 0) is 0 Å². The minimum Gasteiger partial charge on any atom is -0.247 e. The van der Waals surface area contributed by atoms with Crippen LogP contribution >= 0.6 is 0 Å². The van der Waals surface area contributed by atoms with Gasteiger partial charge in [-0.3, -0.25) is 0 Å². The number of alkyl halides is 1. The topological polar surface area (TPSA) is 0 Å². The number of halogens is 1. The third-order valence-electron chi connectivity index (χ3n) is 9.53. The lowest BCUT2D eigenvalue weighted by Gasteiger charge is -2.61. The number of fused-ring (bicyclic) bond motifs is 5. The highest BCUT2D eigenvalue weighted by atomic mass is 19.1. The van der Waals surface area contributed by atoms with Crippen molar-refractivity contribution < 1.29 is 4.39 Å². The highest BCUT2D eigenvalue weighted by Gasteiger charge is 2.63. The first-order chi connectivity index (χ1) is 10.8. The summed E-state index contributed by atoms with van der Waals surface area (Å²) in [4.78, 5) is 0. The summed E-state index contributed by atoms with van der Waals surface area (Å²) in [6.45, 7) is 7.35. The van der Waals surface area contributed by atoms with Gasteiger partial charge in [-0.25, -0.2) is 4.39 Å². The number of rotatable bonds is 0. The van der Waals surface area contributed by atoms with Crippen LogP contribution in [0.2, 0.25) is 0 Å². The van der Waals surface area contributed by atoms with Crippen LogP contribution < -0.4 is 0 Å². The first-order valence-electron chi connectivity index (χ1n) is 9.96. The highest BCUT2D eigenvalue weighted by molar-refractivity contribution is 5.20. The summed E-state index contributed by atoms with van der Waals surface area (Å²) in [5, 5.41) is 0. The predicted octanol–water partition coefficient (Wildman–Crippen LogP) is 6.01. The molecule has 8 atom stereocenters. The molecule has 0 aromatic rings. The van der Waals surface area contributed by atoms with E-state index in [0.717, 1.165) is 37.0 Å². The molecule has 0 aromatic heterocycles. The van der Waals surface area contributed by atoms with E-state index in [1.54, 1.807) is 0 Å². The number of terminal acetylenes is 1. The van der Waals surface area contributed by atoms with E-state index in [1.165, 1.54) is 38.5 Å². The summed E-state index contributed by atoms with van der Waals surface area (Å²) in [5.41, 5.74) is 0.836. The molecule has 0 saturated heterocycles. The van der Waals surface area contributed by atoms with E-state index in [0.29, 0.717) is 16.7 Å². The van der Waals surface area contributed by atoms with Crippen LogP contribution in [0, 0.1) is 52.3 Å². The van der Waals surface area contributed by atoms with E-state index in [1.807, 2.05) is 0 Å². The van der Waals surface area contributed by atoms with Crippen LogP contribution in [0.5, 0.6) is 0 Å². The maximum Gasteiger partial charge on any atom is 0.100 e. The van der Waals surface area contributed by atoms with Gasteiger partial charge < -0.3 is 0 Å². The molecule has 0 radical (unpaired) electrons. The van der Waals surface area contributed by atoms with E-state index in [4.69, 9.17) is 6.42 Å². The second-order valence-corrected chi connectivity index (χ2v) is 10.00. The summed E-state index contributed by atoms with van der Waals surface area (Å²) in [7, 11) is 0. The largest absolute Gasteiger partial charge is 0.247 e. The molecule has 0 N–H and O–H groups in total. The van der Waals surface area contributed by atoms with E-state index in [-0.39, 0.29) is 5.41 Å². The van der Waals surface area contributed by atoms with Crippen molar-refractivity contribution >= 4 is 0 Å². The molecule has 4 fully saturated rings. The van der Waals surface area contributed by atoms with Gasteiger partial charge in [-0.2, -0.15) is 0 Å². The molecule has 0 amide bonds. The van der Waals surface area contributed by atoms with Gasteiger partial charge in [0.05, 0.1) is 0 Å². The van der Waals surface area contributed by atoms with Crippen LogP contribution in [0.1, 0.15) is 78.6 Å². The van der Waals surface area contributed by atoms with Crippen LogP contribution in [0.15, 0.2) is 0 Å². The Morgan fingerprint density at radius 1 is 0.913 bits per heavy atom. The van der Waals surface area contributed by atoms with Crippen LogP contribution in [0.25, 0.3) is 0 Å². The maximum atomic E-state index is 13.9. The molecule has 5 unspecified atom stereocenters. The fraction of sp³-hybridized carbons (Fsp3) is 0.909. The zero-order valence-corrected chi connectivity index (χ0v) is 15.2. The van der Waals surface area contributed by atoms with Crippen LogP contribution in [0.4, 0.5) is 4.39 Å². The lowest BCUT2D eigenvalue weighted by molar-refractivity contribution is -0.124. The Kier molecular flexibility index (Phi) is 3.47. The Morgan fingerprint density at radius 3 is 2.39 bits per heavy atom. The smallest absolute Gasteiger partial charge is 0.100 e. The van der Waals surface area contributed by atoms with E-state index in [9.17, 15) is 4.39 Å². The summed E-state index contributed by atoms with van der Waals surface area (Å²) in [6, 6.07) is 0. The SMILES string of the molecule is C#CC1(C)CCC2C3CCC4C[C@@H](F)CC[C@]4(C)C3CC[C@@]21C. The van der Waals surface area contributed by atoms with E-state index in [2.05, 4.69) is 26.7 Å². The maximum absolute atomic E-state index is 13.9. The van der Waals surface area contributed by atoms with Crippen molar-refractivity contribution in [1.29, 1.82) is 0 Å². The average molecular weight is 317 g/mol. The third kappa shape index (κ3) is 1.96. The molecule has 0 spiro atoms. The van der Waals surface area contributed by atoms with Gasteiger partial charge in [0.25, 0.3) is 0 Å². The molecule has 0 nitrogen and oxygen atoms in total. The van der Waals surface area contributed by atoms with Crippen LogP contribution in [-0.4, -0.2) is 6.17 Å². The Hall–Kier alpha value is -0.510. The zero-order chi connectivity index (χ0) is 16.5. The first kappa shape index (κ1) is 16.0. The molecule has 4 aliphatic rings. The van der Waals surface area contributed by atoms with Crippen molar-refractivity contribution in [1.82, 2.24) is 0 Å². The van der Waals surface area contributed by atoms with E-state index < -0.39 is 6.17 Å². The van der Waals surface area contributed by atoms with Gasteiger partial charge in [0, 0.05) is 5.41 Å². The normalized spacial score (nSPS) is 58.7. The van der Waals surface area contributed by atoms with Crippen molar-refractivity contribution in [2.24, 2.45) is 39.9 Å². The first-order valence-corrected chi connectivity index (χ1v) is 9.96. The minimum absolute atomic E-state index is 0.0942. The van der Waals surface area contributed by atoms with Crippen molar-refractivity contribution in [3.8, 4) is 12.3 Å². The predicted molar refractivity (Wildman–Crippen MR) is 93.6 cm³/mol. The summed E-state index contributed by atoms with van der Waals surface area (Å²) in [6.07, 6.45) is 16.0. The van der Waals surface area contributed by atoms with Crippen molar-refractivity contribution in [3.63, 3.8) is 0 Å². The molecular weight excluding hydrogens is 283 g/mol. The molecule has 0 aliphatic heterocycles. The van der Waals surface area contributed by atoms with Crippen molar-refractivity contribution in [2.45, 2.75) is 84.7 Å². The summed E-state index contributed by atoms with van der Waals surface area (Å²) >= 11 is 0. The van der Waals surface area contributed by atoms with Crippen LogP contribution in [0.3, 0.4) is 0 Å². The molecule has 4 aliphatic carbocycles. The highest BCUT2D eigenvalue weighted by Crippen LogP contribution is 2.70. The fourth-order valence-electron chi connectivity index (χ4n) is 7.71. The average Bonchev–Trinajstić information content (AvgIpc) is 2.80. The number of hydrogen-bond acceptors (Lipinski definition) is 0. The summed E-state index contributed by atoms with van der Waals surface area (Å²) in [5.74, 6) is 6.32. The Morgan fingerprint density at radius 2 is 1.65 bits per heavy atom. The molecule has 0 bridgehead atoms. The summed E-state index contributed by atoms with van der Waals surface area (Å²) < 4.78 is 13.9. The van der Waals surface area contributed by atoms with Crippen molar-refractivity contribution in [2.75, 3.05) is 0 Å². The fourth-order valence-corrected chi connectivity index (χ4v) is 7.71. The molecule has 128 valence electrons. The van der Waals surface area contributed by atoms with Gasteiger partial charge in [-0.1, -0.05) is 19.8 Å². The lowest BCUT2D eigenvalue weighted by atomic mass is 9.43. The molecule has 0 aromatic carbocycles. The Labute approximate surface area is 142 Å². The van der Waals surface area contributed by atoms with Crippen molar-refractivity contribution in [3.05, 3.63) is 0 Å².